The van der Waals surface area contributed by atoms with E-state index >= 15 is 0 Å². The number of unbranched alkanes of at least 4 members (excludes halogenated alkanes) is 1. The van der Waals surface area contributed by atoms with Gasteiger partial charge in [0.15, 0.2) is 5.82 Å². The second-order valence-electron chi connectivity index (χ2n) is 4.69. The highest BCUT2D eigenvalue weighted by atomic mass is 35.7. The first-order valence-corrected chi connectivity index (χ1v) is 8.73. The van der Waals surface area contributed by atoms with E-state index in [1.54, 1.807) is 6.92 Å². The summed E-state index contributed by atoms with van der Waals surface area (Å²) < 4.78 is 50.0. The standard InChI is InChI=1S/C13H16ClF2NO3S/c1-3-4-5-8(2)17-13(18)11-9(15)6-7-10(12(11)16)21(14,19)20/h6-8H,3-5H2,1-2H3,(H,17,18). The van der Waals surface area contributed by atoms with E-state index in [-0.39, 0.29) is 6.04 Å². The topological polar surface area (TPSA) is 63.2 Å². The van der Waals surface area contributed by atoms with Crippen LogP contribution in [0, 0.1) is 11.6 Å². The van der Waals surface area contributed by atoms with Crippen molar-refractivity contribution in [1.82, 2.24) is 5.32 Å². The molecule has 0 aliphatic rings. The number of hydrogen-bond acceptors (Lipinski definition) is 3. The number of hydrogen-bond donors (Lipinski definition) is 1. The van der Waals surface area contributed by atoms with Gasteiger partial charge < -0.3 is 5.32 Å². The molecule has 0 bridgehead atoms. The molecule has 1 rings (SSSR count). The highest BCUT2D eigenvalue weighted by Crippen LogP contribution is 2.24. The first kappa shape index (κ1) is 17.8. The predicted molar refractivity (Wildman–Crippen MR) is 75.9 cm³/mol. The summed E-state index contributed by atoms with van der Waals surface area (Å²) >= 11 is 0. The van der Waals surface area contributed by atoms with Crippen LogP contribution < -0.4 is 5.32 Å². The number of nitrogens with one attached hydrogen (secondary N) is 1. The average molecular weight is 340 g/mol. The van der Waals surface area contributed by atoms with Crippen LogP contribution in [0.3, 0.4) is 0 Å². The first-order valence-electron chi connectivity index (χ1n) is 6.42. The summed E-state index contributed by atoms with van der Waals surface area (Å²) in [5, 5.41) is 2.43. The molecular weight excluding hydrogens is 324 g/mol. The van der Waals surface area contributed by atoms with Crippen LogP contribution in [-0.2, 0) is 9.05 Å². The largest absolute Gasteiger partial charge is 0.349 e. The van der Waals surface area contributed by atoms with Crippen LogP contribution in [0.2, 0.25) is 0 Å². The summed E-state index contributed by atoms with van der Waals surface area (Å²) in [5.74, 6) is -3.63. The Morgan fingerprint density at radius 3 is 2.52 bits per heavy atom. The minimum atomic E-state index is -4.40. The Morgan fingerprint density at radius 2 is 2.00 bits per heavy atom. The molecule has 1 aromatic carbocycles. The van der Waals surface area contributed by atoms with E-state index in [2.05, 4.69) is 5.32 Å². The van der Waals surface area contributed by atoms with E-state index in [0.29, 0.717) is 18.6 Å². The molecule has 1 unspecified atom stereocenters. The second-order valence-corrected chi connectivity index (χ2v) is 7.22. The Morgan fingerprint density at radius 1 is 1.38 bits per heavy atom. The van der Waals surface area contributed by atoms with Crippen LogP contribution in [0.25, 0.3) is 0 Å². The Hall–Kier alpha value is -1.21. The molecule has 0 heterocycles. The van der Waals surface area contributed by atoms with E-state index in [9.17, 15) is 22.0 Å². The molecule has 0 aliphatic carbocycles. The van der Waals surface area contributed by atoms with Gasteiger partial charge in [-0.15, -0.1) is 0 Å². The van der Waals surface area contributed by atoms with Gasteiger partial charge in [0.05, 0.1) is 0 Å². The van der Waals surface area contributed by atoms with Crippen molar-refractivity contribution < 1.29 is 22.0 Å². The van der Waals surface area contributed by atoms with E-state index in [1.807, 2.05) is 6.92 Å². The number of halogens is 3. The first-order chi connectivity index (χ1) is 9.68. The van der Waals surface area contributed by atoms with Crippen molar-refractivity contribution in [2.75, 3.05) is 0 Å². The van der Waals surface area contributed by atoms with Crippen LogP contribution in [0.4, 0.5) is 8.78 Å². The van der Waals surface area contributed by atoms with Crippen molar-refractivity contribution in [3.63, 3.8) is 0 Å². The molecule has 0 saturated carbocycles. The summed E-state index contributed by atoms with van der Waals surface area (Å²) in [6.45, 7) is 3.67. The normalized spacial score (nSPS) is 13.0. The fraction of sp³-hybridized carbons (Fsp3) is 0.462. The highest BCUT2D eigenvalue weighted by Gasteiger charge is 2.26. The molecule has 118 valence electrons. The van der Waals surface area contributed by atoms with E-state index in [1.165, 1.54) is 0 Å². The van der Waals surface area contributed by atoms with Crippen molar-refractivity contribution in [2.24, 2.45) is 0 Å². The van der Waals surface area contributed by atoms with Gasteiger partial charge in [0.1, 0.15) is 16.3 Å². The minimum absolute atomic E-state index is 0.285. The summed E-state index contributed by atoms with van der Waals surface area (Å²) in [6, 6.07) is 1.10. The molecule has 0 spiro atoms. The smallest absolute Gasteiger partial charge is 0.264 e. The molecule has 0 aromatic heterocycles. The fourth-order valence-corrected chi connectivity index (χ4v) is 2.71. The lowest BCUT2D eigenvalue weighted by atomic mass is 10.1. The maximum atomic E-state index is 14.0. The quantitative estimate of drug-likeness (QED) is 0.809. The molecule has 0 aliphatic heterocycles. The molecule has 0 radical (unpaired) electrons. The fourth-order valence-electron chi connectivity index (χ4n) is 1.81. The van der Waals surface area contributed by atoms with Crippen LogP contribution in [0.15, 0.2) is 17.0 Å². The minimum Gasteiger partial charge on any atom is -0.349 e. The average Bonchev–Trinajstić information content (AvgIpc) is 2.34. The van der Waals surface area contributed by atoms with Gasteiger partial charge in [-0.2, -0.15) is 0 Å². The monoisotopic (exact) mass is 339 g/mol. The van der Waals surface area contributed by atoms with Gasteiger partial charge in [-0.1, -0.05) is 19.8 Å². The van der Waals surface area contributed by atoms with Crippen molar-refractivity contribution in [3.05, 3.63) is 29.3 Å². The van der Waals surface area contributed by atoms with Crippen molar-refractivity contribution in [2.45, 2.75) is 44.0 Å². The lowest BCUT2D eigenvalue weighted by molar-refractivity contribution is 0.0929. The SMILES string of the molecule is CCCCC(C)NC(=O)c1c(F)ccc(S(=O)(=O)Cl)c1F. The Labute approximate surface area is 126 Å². The maximum Gasteiger partial charge on any atom is 0.264 e. The Bertz CT molecular complexity index is 635. The van der Waals surface area contributed by atoms with Gasteiger partial charge >= 0.3 is 0 Å². The molecular formula is C13H16ClF2NO3S. The second kappa shape index (κ2) is 7.17. The molecule has 4 nitrogen and oxygen atoms in total. The Kier molecular flexibility index (Phi) is 6.10. The molecule has 21 heavy (non-hydrogen) atoms. The van der Waals surface area contributed by atoms with Gasteiger partial charge in [-0.3, -0.25) is 4.79 Å². The molecule has 0 saturated heterocycles. The third kappa shape index (κ3) is 4.64. The number of amides is 1. The van der Waals surface area contributed by atoms with Gasteiger partial charge in [0.2, 0.25) is 0 Å². The zero-order valence-corrected chi connectivity index (χ0v) is 13.2. The number of carbonyl (C=O) groups is 1. The van der Waals surface area contributed by atoms with Crippen LogP contribution in [0.5, 0.6) is 0 Å². The number of rotatable bonds is 6. The maximum absolute atomic E-state index is 14.0. The third-order valence-corrected chi connectivity index (χ3v) is 4.25. The Balaban J connectivity index is 3.10. The van der Waals surface area contributed by atoms with Gasteiger partial charge in [0, 0.05) is 16.7 Å². The number of carbonyl (C=O) groups excluding carboxylic acids is 1. The summed E-state index contributed by atoms with van der Waals surface area (Å²) in [7, 11) is 0.647. The van der Waals surface area contributed by atoms with Crippen LogP contribution in [-0.4, -0.2) is 20.4 Å². The van der Waals surface area contributed by atoms with Gasteiger partial charge in [-0.25, -0.2) is 17.2 Å². The lowest BCUT2D eigenvalue weighted by Gasteiger charge is -2.14. The van der Waals surface area contributed by atoms with Gasteiger partial charge in [0.25, 0.3) is 15.0 Å². The summed E-state index contributed by atoms with van der Waals surface area (Å²) in [5.41, 5.74) is -0.944. The zero-order valence-electron chi connectivity index (χ0n) is 11.6. The van der Waals surface area contributed by atoms with Crippen molar-refractivity contribution in [1.29, 1.82) is 0 Å². The molecule has 1 amide bonds. The van der Waals surface area contributed by atoms with Crippen molar-refractivity contribution in [3.8, 4) is 0 Å². The van der Waals surface area contributed by atoms with Crippen molar-refractivity contribution >= 4 is 25.6 Å². The lowest BCUT2D eigenvalue weighted by Crippen LogP contribution is -2.34. The third-order valence-electron chi connectivity index (χ3n) is 2.91. The zero-order chi connectivity index (χ0) is 16.2. The molecule has 1 atom stereocenters. The predicted octanol–water partition coefficient (Wildman–Crippen LogP) is 3.20. The summed E-state index contributed by atoms with van der Waals surface area (Å²) in [4.78, 5) is 11.0. The number of benzene rings is 1. The van der Waals surface area contributed by atoms with Crippen LogP contribution >= 0.6 is 10.7 Å². The van der Waals surface area contributed by atoms with E-state index in [0.717, 1.165) is 12.8 Å². The van der Waals surface area contributed by atoms with Crippen LogP contribution in [0.1, 0.15) is 43.5 Å². The van der Waals surface area contributed by atoms with E-state index < -0.39 is 37.1 Å². The van der Waals surface area contributed by atoms with Gasteiger partial charge in [-0.05, 0) is 25.5 Å². The van der Waals surface area contributed by atoms with E-state index in [4.69, 9.17) is 10.7 Å². The summed E-state index contributed by atoms with van der Waals surface area (Å²) in [6.07, 6.45) is 2.42. The molecule has 0 fully saturated rings. The molecule has 1 aromatic rings. The highest BCUT2D eigenvalue weighted by molar-refractivity contribution is 8.13. The molecule has 8 heteroatoms. The molecule has 1 N–H and O–H groups in total.